The fourth-order valence-electron chi connectivity index (χ4n) is 4.15. The van der Waals surface area contributed by atoms with Crippen LogP contribution in [0.1, 0.15) is 16.7 Å². The zero-order valence-corrected chi connectivity index (χ0v) is 21.5. The van der Waals surface area contributed by atoms with Gasteiger partial charge in [-0.1, -0.05) is 30.3 Å². The van der Waals surface area contributed by atoms with Crippen molar-refractivity contribution >= 4 is 29.9 Å². The van der Waals surface area contributed by atoms with Crippen molar-refractivity contribution in [3.8, 4) is 11.5 Å². The van der Waals surface area contributed by atoms with Crippen LogP contribution in [-0.4, -0.2) is 74.8 Å². The van der Waals surface area contributed by atoms with Crippen molar-refractivity contribution in [2.75, 3.05) is 54.1 Å². The number of hydrogen-bond acceptors (Lipinski definition) is 5. The first kappa shape index (κ1) is 24.6. The molecule has 0 aliphatic carbocycles. The molecule has 174 valence electrons. The van der Waals surface area contributed by atoms with Gasteiger partial charge >= 0.3 is 0 Å². The second-order valence-corrected chi connectivity index (χ2v) is 8.36. The number of ether oxygens (including phenoxy) is 2. The molecule has 0 radical (unpaired) electrons. The zero-order chi connectivity index (χ0) is 21.6. The Morgan fingerprint density at radius 1 is 1.00 bits per heavy atom. The van der Waals surface area contributed by atoms with Gasteiger partial charge in [-0.05, 0) is 42.9 Å². The van der Waals surface area contributed by atoms with E-state index in [4.69, 9.17) is 9.47 Å². The Balaban J connectivity index is 0.00000289. The molecule has 2 aromatic rings. The number of rotatable bonds is 6. The van der Waals surface area contributed by atoms with Crippen molar-refractivity contribution in [3.63, 3.8) is 0 Å². The Labute approximate surface area is 208 Å². The van der Waals surface area contributed by atoms with Gasteiger partial charge in [0.15, 0.2) is 17.5 Å². The van der Waals surface area contributed by atoms with Crippen molar-refractivity contribution < 1.29 is 9.47 Å². The van der Waals surface area contributed by atoms with Gasteiger partial charge in [0.2, 0.25) is 6.79 Å². The molecule has 0 unspecified atom stereocenters. The predicted octanol–water partition coefficient (Wildman–Crippen LogP) is 2.99. The van der Waals surface area contributed by atoms with Crippen LogP contribution in [0.25, 0.3) is 0 Å². The van der Waals surface area contributed by atoms with Gasteiger partial charge in [0, 0.05) is 52.9 Å². The van der Waals surface area contributed by atoms with Crippen LogP contribution in [0, 0.1) is 0 Å². The SMILES string of the molecule is CN=C(NCc1ccccc1CN(C)C)N1CCN(Cc2ccc3c(c2)OCO3)CC1.I. The Morgan fingerprint density at radius 3 is 2.44 bits per heavy atom. The normalized spacial score (nSPS) is 16.2. The number of piperazine rings is 1. The molecule has 4 rings (SSSR count). The second-order valence-electron chi connectivity index (χ2n) is 8.36. The first-order valence-corrected chi connectivity index (χ1v) is 10.9. The minimum Gasteiger partial charge on any atom is -0.454 e. The molecule has 0 amide bonds. The molecule has 2 aliphatic rings. The van der Waals surface area contributed by atoms with Crippen molar-refractivity contribution in [3.05, 3.63) is 59.2 Å². The van der Waals surface area contributed by atoms with Crippen LogP contribution in [0.3, 0.4) is 0 Å². The molecule has 8 heteroatoms. The van der Waals surface area contributed by atoms with E-state index in [1.165, 1.54) is 16.7 Å². The molecule has 2 heterocycles. The summed E-state index contributed by atoms with van der Waals surface area (Å²) in [5, 5.41) is 3.57. The first-order valence-electron chi connectivity index (χ1n) is 10.9. The van der Waals surface area contributed by atoms with Crippen LogP contribution >= 0.6 is 24.0 Å². The first-order chi connectivity index (χ1) is 15.1. The number of nitrogens with one attached hydrogen (secondary N) is 1. The largest absolute Gasteiger partial charge is 0.454 e. The molecule has 2 aromatic carbocycles. The van der Waals surface area contributed by atoms with E-state index in [9.17, 15) is 0 Å². The maximum absolute atomic E-state index is 5.51. The van der Waals surface area contributed by atoms with E-state index in [1.807, 2.05) is 13.1 Å². The van der Waals surface area contributed by atoms with Gasteiger partial charge in [-0.15, -0.1) is 24.0 Å². The summed E-state index contributed by atoms with van der Waals surface area (Å²) >= 11 is 0. The van der Waals surface area contributed by atoms with Crippen LogP contribution in [0.4, 0.5) is 0 Å². The van der Waals surface area contributed by atoms with E-state index >= 15 is 0 Å². The van der Waals surface area contributed by atoms with Crippen LogP contribution in [0.5, 0.6) is 11.5 Å². The standard InChI is InChI=1S/C24H33N5O2.HI/c1-25-24(26-15-20-6-4-5-7-21(20)17-27(2)3)29-12-10-28(11-13-29)16-19-8-9-22-23(14-19)31-18-30-22;/h4-9,14H,10-13,15-18H2,1-3H3,(H,25,26);1H. The lowest BCUT2D eigenvalue weighted by Gasteiger charge is -2.36. The number of guanidine groups is 1. The lowest BCUT2D eigenvalue weighted by Crippen LogP contribution is -2.52. The highest BCUT2D eigenvalue weighted by Gasteiger charge is 2.21. The molecule has 0 atom stereocenters. The number of nitrogens with zero attached hydrogens (tertiary/aromatic N) is 4. The van der Waals surface area contributed by atoms with E-state index in [2.05, 4.69) is 75.5 Å². The monoisotopic (exact) mass is 551 g/mol. The lowest BCUT2D eigenvalue weighted by atomic mass is 10.1. The molecular formula is C24H34IN5O2. The van der Waals surface area contributed by atoms with Gasteiger partial charge in [-0.2, -0.15) is 0 Å². The maximum Gasteiger partial charge on any atom is 0.231 e. The Bertz CT molecular complexity index is 913. The van der Waals surface area contributed by atoms with E-state index < -0.39 is 0 Å². The zero-order valence-electron chi connectivity index (χ0n) is 19.2. The molecule has 0 bridgehead atoms. The third-order valence-electron chi connectivity index (χ3n) is 5.77. The third kappa shape index (κ3) is 6.26. The number of aliphatic imine (C=N–C) groups is 1. The van der Waals surface area contributed by atoms with Gasteiger partial charge in [0.05, 0.1) is 0 Å². The summed E-state index contributed by atoms with van der Waals surface area (Å²) in [7, 11) is 6.07. The summed E-state index contributed by atoms with van der Waals surface area (Å²) in [4.78, 5) is 11.6. The molecular weight excluding hydrogens is 517 g/mol. The van der Waals surface area contributed by atoms with Crippen molar-refractivity contribution in [2.24, 2.45) is 4.99 Å². The van der Waals surface area contributed by atoms with E-state index in [0.29, 0.717) is 6.79 Å². The summed E-state index contributed by atoms with van der Waals surface area (Å²) in [6, 6.07) is 14.8. The van der Waals surface area contributed by atoms with Crippen molar-refractivity contribution in [1.29, 1.82) is 0 Å². The van der Waals surface area contributed by atoms with E-state index in [-0.39, 0.29) is 24.0 Å². The second kappa shape index (κ2) is 11.7. The summed E-state index contributed by atoms with van der Waals surface area (Å²) in [5.41, 5.74) is 3.93. The molecule has 2 aliphatic heterocycles. The Hall–Kier alpha value is -2.04. The van der Waals surface area contributed by atoms with Crippen LogP contribution in [0.15, 0.2) is 47.5 Å². The van der Waals surface area contributed by atoms with Crippen molar-refractivity contribution in [2.45, 2.75) is 19.6 Å². The Kier molecular flexibility index (Phi) is 9.01. The predicted molar refractivity (Wildman–Crippen MR) is 139 cm³/mol. The minimum absolute atomic E-state index is 0. The smallest absolute Gasteiger partial charge is 0.231 e. The van der Waals surface area contributed by atoms with Crippen LogP contribution < -0.4 is 14.8 Å². The molecule has 32 heavy (non-hydrogen) atoms. The van der Waals surface area contributed by atoms with E-state index in [1.54, 1.807) is 0 Å². The number of hydrogen-bond donors (Lipinski definition) is 1. The molecule has 7 nitrogen and oxygen atoms in total. The molecule has 0 spiro atoms. The summed E-state index contributed by atoms with van der Waals surface area (Å²) in [6.45, 7) is 6.91. The van der Waals surface area contributed by atoms with Gasteiger partial charge in [-0.25, -0.2) is 0 Å². The number of benzene rings is 2. The van der Waals surface area contributed by atoms with Crippen LogP contribution in [0.2, 0.25) is 0 Å². The topological polar surface area (TPSA) is 52.6 Å². The maximum atomic E-state index is 5.51. The van der Waals surface area contributed by atoms with Crippen LogP contribution in [-0.2, 0) is 19.6 Å². The highest BCUT2D eigenvalue weighted by Crippen LogP contribution is 2.32. The summed E-state index contributed by atoms with van der Waals surface area (Å²) in [6.07, 6.45) is 0. The van der Waals surface area contributed by atoms with Gasteiger partial charge < -0.3 is 24.6 Å². The minimum atomic E-state index is 0. The van der Waals surface area contributed by atoms with Gasteiger partial charge in [0.25, 0.3) is 0 Å². The molecule has 1 N–H and O–H groups in total. The Morgan fingerprint density at radius 2 is 1.72 bits per heavy atom. The van der Waals surface area contributed by atoms with Crippen molar-refractivity contribution in [1.82, 2.24) is 20.0 Å². The van der Waals surface area contributed by atoms with E-state index in [0.717, 1.165) is 63.3 Å². The summed E-state index contributed by atoms with van der Waals surface area (Å²) in [5.74, 6) is 2.67. The molecule has 0 saturated carbocycles. The van der Waals surface area contributed by atoms with Gasteiger partial charge in [0.1, 0.15) is 0 Å². The van der Waals surface area contributed by atoms with Gasteiger partial charge in [-0.3, -0.25) is 9.89 Å². The highest BCUT2D eigenvalue weighted by atomic mass is 127. The quantitative estimate of drug-likeness (QED) is 0.339. The lowest BCUT2D eigenvalue weighted by molar-refractivity contribution is 0.171. The third-order valence-corrected chi connectivity index (χ3v) is 5.77. The molecule has 0 aromatic heterocycles. The fraction of sp³-hybridized carbons (Fsp3) is 0.458. The highest BCUT2D eigenvalue weighted by molar-refractivity contribution is 14.0. The molecule has 1 fully saturated rings. The average molecular weight is 551 g/mol. The average Bonchev–Trinajstić information content (AvgIpc) is 3.24. The molecule has 1 saturated heterocycles. The summed E-state index contributed by atoms with van der Waals surface area (Å²) < 4.78 is 10.9. The number of fused-ring (bicyclic) bond motifs is 1. The fourth-order valence-corrected chi connectivity index (χ4v) is 4.15. The number of halogens is 1.